The minimum atomic E-state index is -0.578. The van der Waals surface area contributed by atoms with Gasteiger partial charge < -0.3 is 0 Å². The van der Waals surface area contributed by atoms with Gasteiger partial charge in [-0.15, -0.1) is 0 Å². The van der Waals surface area contributed by atoms with E-state index in [-0.39, 0.29) is 10.8 Å². The van der Waals surface area contributed by atoms with Gasteiger partial charge in [0.25, 0.3) is 0 Å². The Hall–Kier alpha value is -2.07. The number of hydrogen-bond donors (Lipinski definition) is 0. The molecule has 0 spiro atoms. The first kappa shape index (κ1) is 12.9. The fraction of sp³-hybridized carbons (Fsp3) is 0.133. The second kappa shape index (κ2) is 4.80. The smallest absolute Gasteiger partial charge is 0.181 e. The monoisotopic (exact) mass is 287 g/mol. The molecular weight excluding hydrogens is 277 g/mol. The number of halogens is 2. The van der Waals surface area contributed by atoms with Crippen LogP contribution in [-0.4, -0.2) is 15.0 Å². The minimum absolute atomic E-state index is 0.161. The lowest BCUT2D eigenvalue weighted by atomic mass is 10.1. The van der Waals surface area contributed by atoms with Crippen molar-refractivity contribution in [2.75, 3.05) is 0 Å². The third kappa shape index (κ3) is 2.12. The standard InChI is InChI=1S/C15H11ClFN3/c1-8-7-11(10-5-3-4-6-12(10)18-8)15-19-9(2)13(17)14(16)20-15/h3-7H,1-2H3. The summed E-state index contributed by atoms with van der Waals surface area (Å²) in [4.78, 5) is 12.7. The molecule has 0 aliphatic carbocycles. The highest BCUT2D eigenvalue weighted by atomic mass is 35.5. The summed E-state index contributed by atoms with van der Waals surface area (Å²) < 4.78 is 13.6. The second-order valence-corrected chi connectivity index (χ2v) is 4.92. The van der Waals surface area contributed by atoms with E-state index in [1.165, 1.54) is 0 Å². The van der Waals surface area contributed by atoms with Crippen LogP contribution in [0.25, 0.3) is 22.3 Å². The zero-order chi connectivity index (χ0) is 14.3. The Morgan fingerprint density at radius 3 is 2.55 bits per heavy atom. The molecule has 1 aromatic carbocycles. The number of hydrogen-bond acceptors (Lipinski definition) is 3. The largest absolute Gasteiger partial charge is 0.253 e. The quantitative estimate of drug-likeness (QED) is 0.633. The molecule has 0 unspecified atom stereocenters. The van der Waals surface area contributed by atoms with Gasteiger partial charge in [0.2, 0.25) is 0 Å². The Morgan fingerprint density at radius 2 is 1.80 bits per heavy atom. The van der Waals surface area contributed by atoms with Crippen molar-refractivity contribution in [1.29, 1.82) is 0 Å². The van der Waals surface area contributed by atoms with Crippen LogP contribution in [0, 0.1) is 19.7 Å². The first-order valence-electron chi connectivity index (χ1n) is 6.12. The van der Waals surface area contributed by atoms with E-state index >= 15 is 0 Å². The Balaban J connectivity index is 2.34. The average Bonchev–Trinajstić information content (AvgIpc) is 2.43. The van der Waals surface area contributed by atoms with Crippen LogP contribution in [0.3, 0.4) is 0 Å². The fourth-order valence-corrected chi connectivity index (χ4v) is 2.35. The summed E-state index contributed by atoms with van der Waals surface area (Å²) in [6.45, 7) is 3.47. The van der Waals surface area contributed by atoms with E-state index in [0.29, 0.717) is 5.82 Å². The van der Waals surface area contributed by atoms with Crippen LogP contribution < -0.4 is 0 Å². The van der Waals surface area contributed by atoms with E-state index in [0.717, 1.165) is 22.2 Å². The van der Waals surface area contributed by atoms with Crippen molar-refractivity contribution in [2.45, 2.75) is 13.8 Å². The van der Waals surface area contributed by atoms with Crippen LogP contribution >= 0.6 is 11.6 Å². The number of benzene rings is 1. The van der Waals surface area contributed by atoms with E-state index in [4.69, 9.17) is 11.6 Å². The number of aryl methyl sites for hydroxylation is 2. The van der Waals surface area contributed by atoms with E-state index in [9.17, 15) is 4.39 Å². The van der Waals surface area contributed by atoms with Crippen molar-refractivity contribution in [2.24, 2.45) is 0 Å². The number of para-hydroxylation sites is 1. The lowest BCUT2D eigenvalue weighted by Gasteiger charge is -2.08. The zero-order valence-electron chi connectivity index (χ0n) is 11.0. The van der Waals surface area contributed by atoms with Crippen molar-refractivity contribution < 1.29 is 4.39 Å². The van der Waals surface area contributed by atoms with Gasteiger partial charge in [-0.1, -0.05) is 29.8 Å². The lowest BCUT2D eigenvalue weighted by molar-refractivity contribution is 0.603. The Labute approximate surface area is 120 Å². The van der Waals surface area contributed by atoms with Gasteiger partial charge in [0.15, 0.2) is 16.8 Å². The molecule has 2 aromatic heterocycles. The summed E-state index contributed by atoms with van der Waals surface area (Å²) in [7, 11) is 0. The molecule has 3 aromatic rings. The lowest BCUT2D eigenvalue weighted by Crippen LogP contribution is -1.99. The van der Waals surface area contributed by atoms with Gasteiger partial charge in [0.05, 0.1) is 11.2 Å². The van der Waals surface area contributed by atoms with E-state index in [1.54, 1.807) is 6.92 Å². The Morgan fingerprint density at radius 1 is 1.05 bits per heavy atom. The molecule has 0 N–H and O–H groups in total. The molecule has 0 fully saturated rings. The third-order valence-corrected chi connectivity index (χ3v) is 3.31. The number of fused-ring (bicyclic) bond motifs is 1. The van der Waals surface area contributed by atoms with Crippen LogP contribution in [0.15, 0.2) is 30.3 Å². The van der Waals surface area contributed by atoms with E-state index in [1.807, 2.05) is 37.3 Å². The maximum absolute atomic E-state index is 13.6. The summed E-state index contributed by atoms with van der Waals surface area (Å²) in [5, 5.41) is 0.756. The zero-order valence-corrected chi connectivity index (χ0v) is 11.7. The summed E-state index contributed by atoms with van der Waals surface area (Å²) in [5.41, 5.74) is 2.74. The molecule has 0 aliphatic heterocycles. The van der Waals surface area contributed by atoms with Crippen molar-refractivity contribution in [3.05, 3.63) is 52.7 Å². The Bertz CT molecular complexity index is 794. The second-order valence-electron chi connectivity index (χ2n) is 4.57. The van der Waals surface area contributed by atoms with Gasteiger partial charge in [-0.3, -0.25) is 4.98 Å². The van der Waals surface area contributed by atoms with Crippen LogP contribution in [0.5, 0.6) is 0 Å². The Kier molecular flexibility index (Phi) is 3.10. The van der Waals surface area contributed by atoms with Gasteiger partial charge in [0, 0.05) is 16.6 Å². The number of aromatic nitrogens is 3. The van der Waals surface area contributed by atoms with Crippen molar-refractivity contribution in [3.8, 4) is 11.4 Å². The molecule has 20 heavy (non-hydrogen) atoms. The van der Waals surface area contributed by atoms with Crippen LogP contribution in [-0.2, 0) is 0 Å². The number of pyridine rings is 1. The first-order chi connectivity index (χ1) is 9.56. The molecular formula is C15H11ClFN3. The van der Waals surface area contributed by atoms with E-state index in [2.05, 4.69) is 15.0 Å². The molecule has 0 radical (unpaired) electrons. The number of nitrogens with zero attached hydrogens (tertiary/aromatic N) is 3. The third-order valence-electron chi connectivity index (χ3n) is 3.06. The molecule has 3 nitrogen and oxygen atoms in total. The molecule has 100 valence electrons. The molecule has 2 heterocycles. The molecule has 0 atom stereocenters. The summed E-state index contributed by atoms with van der Waals surface area (Å²) in [5.74, 6) is -0.166. The maximum atomic E-state index is 13.6. The minimum Gasteiger partial charge on any atom is -0.253 e. The summed E-state index contributed by atoms with van der Waals surface area (Å²) in [6, 6.07) is 9.57. The average molecular weight is 288 g/mol. The molecule has 0 saturated carbocycles. The highest BCUT2D eigenvalue weighted by Gasteiger charge is 2.13. The molecule has 5 heteroatoms. The summed E-state index contributed by atoms with van der Waals surface area (Å²) >= 11 is 5.82. The number of rotatable bonds is 1. The van der Waals surface area contributed by atoms with Crippen LogP contribution in [0.1, 0.15) is 11.4 Å². The normalized spacial score (nSPS) is 11.0. The molecule has 0 saturated heterocycles. The topological polar surface area (TPSA) is 38.7 Å². The first-order valence-corrected chi connectivity index (χ1v) is 6.50. The maximum Gasteiger partial charge on any atom is 0.181 e. The van der Waals surface area contributed by atoms with Crippen molar-refractivity contribution in [1.82, 2.24) is 15.0 Å². The molecule has 0 bridgehead atoms. The molecule has 0 aliphatic rings. The van der Waals surface area contributed by atoms with Crippen molar-refractivity contribution >= 4 is 22.5 Å². The van der Waals surface area contributed by atoms with Gasteiger partial charge in [-0.05, 0) is 26.0 Å². The van der Waals surface area contributed by atoms with Gasteiger partial charge >= 0.3 is 0 Å². The van der Waals surface area contributed by atoms with Gasteiger partial charge in [0.1, 0.15) is 0 Å². The molecule has 0 amide bonds. The van der Waals surface area contributed by atoms with Crippen molar-refractivity contribution in [3.63, 3.8) is 0 Å². The van der Waals surface area contributed by atoms with Crippen LogP contribution in [0.4, 0.5) is 4.39 Å². The predicted octanol–water partition coefficient (Wildman–Crippen LogP) is 4.10. The van der Waals surface area contributed by atoms with Crippen LogP contribution in [0.2, 0.25) is 5.15 Å². The highest BCUT2D eigenvalue weighted by molar-refractivity contribution is 6.29. The predicted molar refractivity (Wildman–Crippen MR) is 77.2 cm³/mol. The highest BCUT2D eigenvalue weighted by Crippen LogP contribution is 2.28. The van der Waals surface area contributed by atoms with Gasteiger partial charge in [-0.25, -0.2) is 14.4 Å². The van der Waals surface area contributed by atoms with E-state index < -0.39 is 5.82 Å². The van der Waals surface area contributed by atoms with Gasteiger partial charge in [-0.2, -0.15) is 0 Å². The summed E-state index contributed by atoms with van der Waals surface area (Å²) in [6.07, 6.45) is 0. The molecule has 3 rings (SSSR count). The SMILES string of the molecule is Cc1cc(-c2nc(C)c(F)c(Cl)n2)c2ccccc2n1. The fourth-order valence-electron chi connectivity index (χ4n) is 2.14.